The van der Waals surface area contributed by atoms with Crippen molar-refractivity contribution in [3.63, 3.8) is 0 Å². The molecule has 0 aromatic heterocycles. The van der Waals surface area contributed by atoms with E-state index >= 15 is 0 Å². The fourth-order valence-corrected chi connectivity index (χ4v) is 4.52. The lowest BCUT2D eigenvalue weighted by molar-refractivity contribution is -0.132. The number of phenolic OH excluding ortho intramolecular Hbond substituents is 1. The zero-order valence-electron chi connectivity index (χ0n) is 18.6. The Hall–Kier alpha value is -3.48. The fourth-order valence-electron chi connectivity index (χ4n) is 4.14. The third kappa shape index (κ3) is 4.00. The van der Waals surface area contributed by atoms with Gasteiger partial charge in [0, 0.05) is 16.3 Å². The Kier molecular flexibility index (Phi) is 6.30. The van der Waals surface area contributed by atoms with Crippen LogP contribution in [0.2, 0.25) is 10.0 Å². The van der Waals surface area contributed by atoms with Gasteiger partial charge in [0.1, 0.15) is 17.3 Å². The number of carbonyl (C=O) groups is 2. The number of ether oxygens (including phenoxy) is 1. The Bertz CT molecular complexity index is 1370. The van der Waals surface area contributed by atoms with Crippen LogP contribution in [0.3, 0.4) is 0 Å². The quantitative estimate of drug-likeness (QED) is 0.264. The molecule has 1 saturated heterocycles. The average Bonchev–Trinajstić information content (AvgIpc) is 3.07. The number of amides is 1. The second-order valence-electron chi connectivity index (χ2n) is 8.00. The minimum absolute atomic E-state index is 0.0469. The predicted octanol–water partition coefficient (Wildman–Crippen LogP) is 5.95. The van der Waals surface area contributed by atoms with Crippen molar-refractivity contribution < 1.29 is 24.5 Å². The van der Waals surface area contributed by atoms with E-state index in [2.05, 4.69) is 0 Å². The van der Waals surface area contributed by atoms with Crippen molar-refractivity contribution in [2.45, 2.75) is 19.9 Å². The molecule has 1 aliphatic rings. The molecular formula is C26H21Cl2NO5. The molecule has 0 aliphatic carbocycles. The van der Waals surface area contributed by atoms with Crippen LogP contribution in [-0.2, 0) is 9.59 Å². The first-order valence-electron chi connectivity index (χ1n) is 10.3. The second-order valence-corrected chi connectivity index (χ2v) is 8.84. The van der Waals surface area contributed by atoms with Gasteiger partial charge in [0.2, 0.25) is 0 Å². The number of nitrogens with zero attached hydrogens (tertiary/aromatic N) is 1. The van der Waals surface area contributed by atoms with E-state index in [4.69, 9.17) is 27.9 Å². The van der Waals surface area contributed by atoms with Crippen LogP contribution in [0.25, 0.3) is 5.76 Å². The van der Waals surface area contributed by atoms with Gasteiger partial charge in [0.05, 0.1) is 23.7 Å². The number of carbonyl (C=O) groups excluding carboxylic acids is 2. The minimum atomic E-state index is -1.00. The lowest BCUT2D eigenvalue weighted by Gasteiger charge is -2.26. The van der Waals surface area contributed by atoms with Crippen molar-refractivity contribution in [1.29, 1.82) is 0 Å². The molecule has 1 aliphatic heterocycles. The highest BCUT2D eigenvalue weighted by molar-refractivity contribution is 6.52. The molecule has 0 radical (unpaired) electrons. The number of ketones is 1. The Balaban J connectivity index is 2.00. The van der Waals surface area contributed by atoms with Crippen LogP contribution in [0.4, 0.5) is 5.69 Å². The lowest BCUT2D eigenvalue weighted by Crippen LogP contribution is -2.29. The monoisotopic (exact) mass is 497 g/mol. The molecule has 1 amide bonds. The van der Waals surface area contributed by atoms with Crippen LogP contribution in [0.1, 0.15) is 28.3 Å². The normalized spacial score (nSPS) is 17.3. The van der Waals surface area contributed by atoms with Gasteiger partial charge in [-0.3, -0.25) is 14.5 Å². The molecule has 4 rings (SSSR count). The number of halogens is 2. The first-order chi connectivity index (χ1) is 16.1. The highest BCUT2D eigenvalue weighted by Crippen LogP contribution is 2.44. The largest absolute Gasteiger partial charge is 0.507 e. The van der Waals surface area contributed by atoms with Crippen molar-refractivity contribution in [2.75, 3.05) is 12.0 Å². The van der Waals surface area contributed by atoms with E-state index in [1.54, 1.807) is 56.5 Å². The Morgan fingerprint density at radius 3 is 2.38 bits per heavy atom. The molecule has 34 heavy (non-hydrogen) atoms. The van der Waals surface area contributed by atoms with E-state index in [9.17, 15) is 19.8 Å². The number of rotatable bonds is 4. The summed E-state index contributed by atoms with van der Waals surface area (Å²) in [5.41, 5.74) is 2.54. The summed E-state index contributed by atoms with van der Waals surface area (Å²) in [5.74, 6) is -1.50. The molecule has 1 fully saturated rings. The summed E-state index contributed by atoms with van der Waals surface area (Å²) in [7, 11) is 1.55. The molecule has 0 bridgehead atoms. The Labute approximate surface area is 206 Å². The van der Waals surface area contributed by atoms with Crippen LogP contribution in [0.15, 0.2) is 60.2 Å². The number of aliphatic hydroxyl groups excluding tert-OH is 1. The summed E-state index contributed by atoms with van der Waals surface area (Å²) in [6.07, 6.45) is 0. The third-order valence-corrected chi connectivity index (χ3v) is 6.35. The van der Waals surface area contributed by atoms with E-state index < -0.39 is 17.7 Å². The summed E-state index contributed by atoms with van der Waals surface area (Å²) in [6, 6.07) is 13.4. The summed E-state index contributed by atoms with van der Waals surface area (Å²) in [4.78, 5) is 27.8. The number of methoxy groups -OCH3 is 1. The third-order valence-electron chi connectivity index (χ3n) is 5.82. The van der Waals surface area contributed by atoms with Gasteiger partial charge in [0.15, 0.2) is 0 Å². The standard InChI is InChI=1S/C26H21Cl2NO5/c1-13-10-21(34-3)14(2)9-18(13)24(31)22-23(15-7-8-20(30)19(28)11-15)29(26(33)25(22)32)17-6-4-5-16(27)12-17/h4-12,23,30-31H,1-3H3/b24-22+. The molecule has 3 aromatic rings. The van der Waals surface area contributed by atoms with Crippen molar-refractivity contribution >= 4 is 46.3 Å². The predicted molar refractivity (Wildman–Crippen MR) is 132 cm³/mol. The fraction of sp³-hybridized carbons (Fsp3) is 0.154. The number of aliphatic hydroxyl groups is 1. The van der Waals surface area contributed by atoms with E-state index in [-0.39, 0.29) is 22.1 Å². The number of phenols is 1. The van der Waals surface area contributed by atoms with Gasteiger partial charge in [0.25, 0.3) is 11.7 Å². The highest BCUT2D eigenvalue weighted by Gasteiger charge is 2.47. The topological polar surface area (TPSA) is 87.1 Å². The van der Waals surface area contributed by atoms with Gasteiger partial charge in [-0.1, -0.05) is 35.3 Å². The van der Waals surface area contributed by atoms with Crippen molar-refractivity contribution in [2.24, 2.45) is 0 Å². The number of benzene rings is 3. The van der Waals surface area contributed by atoms with Crippen LogP contribution >= 0.6 is 23.2 Å². The van der Waals surface area contributed by atoms with Crippen LogP contribution in [-0.4, -0.2) is 29.0 Å². The molecule has 1 unspecified atom stereocenters. The summed E-state index contributed by atoms with van der Waals surface area (Å²) < 4.78 is 5.35. The number of aromatic hydroxyl groups is 1. The Morgan fingerprint density at radius 1 is 1.00 bits per heavy atom. The zero-order chi connectivity index (χ0) is 24.7. The van der Waals surface area contributed by atoms with Gasteiger partial charge >= 0.3 is 0 Å². The van der Waals surface area contributed by atoms with E-state index in [1.807, 2.05) is 6.92 Å². The molecule has 0 spiro atoms. The molecule has 174 valence electrons. The molecule has 1 heterocycles. The van der Waals surface area contributed by atoms with E-state index in [1.165, 1.54) is 17.0 Å². The van der Waals surface area contributed by atoms with E-state index in [0.717, 1.165) is 5.56 Å². The minimum Gasteiger partial charge on any atom is -0.507 e. The highest BCUT2D eigenvalue weighted by atomic mass is 35.5. The molecule has 2 N–H and O–H groups in total. The zero-order valence-corrected chi connectivity index (χ0v) is 20.1. The number of aryl methyl sites for hydroxylation is 2. The first kappa shape index (κ1) is 23.7. The van der Waals surface area contributed by atoms with Gasteiger partial charge in [-0.05, 0) is 73.0 Å². The smallest absolute Gasteiger partial charge is 0.300 e. The molecule has 6 nitrogen and oxygen atoms in total. The number of hydrogen-bond donors (Lipinski definition) is 2. The molecule has 1 atom stereocenters. The summed E-state index contributed by atoms with van der Waals surface area (Å²) >= 11 is 12.3. The van der Waals surface area contributed by atoms with Crippen LogP contribution in [0, 0.1) is 13.8 Å². The maximum Gasteiger partial charge on any atom is 0.300 e. The second kappa shape index (κ2) is 9.05. The van der Waals surface area contributed by atoms with Crippen molar-refractivity contribution in [3.05, 3.63) is 92.5 Å². The van der Waals surface area contributed by atoms with Crippen molar-refractivity contribution in [1.82, 2.24) is 0 Å². The van der Waals surface area contributed by atoms with Gasteiger partial charge in [-0.25, -0.2) is 0 Å². The van der Waals surface area contributed by atoms with Crippen LogP contribution < -0.4 is 9.64 Å². The maximum atomic E-state index is 13.3. The molecule has 8 heteroatoms. The SMILES string of the molecule is COc1cc(C)c(/C(O)=C2\C(=O)C(=O)N(c3cccc(Cl)c3)C2c2ccc(O)c(Cl)c2)cc1C. The molecule has 3 aromatic carbocycles. The lowest BCUT2D eigenvalue weighted by atomic mass is 9.93. The number of anilines is 1. The van der Waals surface area contributed by atoms with Gasteiger partial charge in [-0.15, -0.1) is 0 Å². The molecule has 0 saturated carbocycles. The Morgan fingerprint density at radius 2 is 1.74 bits per heavy atom. The van der Waals surface area contributed by atoms with Gasteiger partial charge in [-0.2, -0.15) is 0 Å². The van der Waals surface area contributed by atoms with E-state index in [0.29, 0.717) is 33.1 Å². The van der Waals surface area contributed by atoms with Gasteiger partial charge < -0.3 is 14.9 Å². The van der Waals surface area contributed by atoms with Crippen LogP contribution in [0.5, 0.6) is 11.5 Å². The summed E-state index contributed by atoms with van der Waals surface area (Å²) in [6.45, 7) is 3.59. The number of hydrogen-bond acceptors (Lipinski definition) is 5. The maximum absolute atomic E-state index is 13.3. The molecular weight excluding hydrogens is 477 g/mol. The first-order valence-corrected chi connectivity index (χ1v) is 11.1. The van der Waals surface area contributed by atoms with Crippen molar-refractivity contribution in [3.8, 4) is 11.5 Å². The average molecular weight is 498 g/mol. The summed E-state index contributed by atoms with van der Waals surface area (Å²) in [5, 5.41) is 21.7. The number of Topliss-reactive ketones (excluding diaryl/α,β-unsaturated/α-hetero) is 1.